The molecule has 0 spiro atoms. The Morgan fingerprint density at radius 1 is 1.07 bits per heavy atom. The smallest absolute Gasteiger partial charge is 0.303 e. The average molecular weight is 220 g/mol. The van der Waals surface area contributed by atoms with Gasteiger partial charge < -0.3 is 27.2 Å². The van der Waals surface area contributed by atoms with Gasteiger partial charge in [0.2, 0.25) is 0 Å². The highest BCUT2D eigenvalue weighted by molar-refractivity contribution is 5.66. The Bertz CT molecular complexity index is 125. The molecule has 0 amide bonds. The van der Waals surface area contributed by atoms with E-state index in [1.807, 2.05) is 0 Å². The molecule has 7 N–H and O–H groups in total. The minimum absolute atomic E-state index is 0.222. The number of nitrogens with two attached hydrogens (primary N) is 2. The molecular weight excluding hydrogens is 196 g/mol. The SMILES string of the molecule is CCC(=O)O.NCCNCCNCCN. The Hall–Kier alpha value is -0.690. The van der Waals surface area contributed by atoms with Crippen LogP contribution in [0.15, 0.2) is 0 Å². The van der Waals surface area contributed by atoms with E-state index >= 15 is 0 Å². The zero-order chi connectivity index (χ0) is 11.9. The van der Waals surface area contributed by atoms with Crippen LogP contribution in [0.4, 0.5) is 0 Å². The summed E-state index contributed by atoms with van der Waals surface area (Å²) in [4.78, 5) is 9.37. The summed E-state index contributed by atoms with van der Waals surface area (Å²) in [5.74, 6) is -0.745. The summed E-state index contributed by atoms with van der Waals surface area (Å²) in [6.45, 7) is 6.74. The molecule has 0 radical (unpaired) electrons. The van der Waals surface area contributed by atoms with Gasteiger partial charge in [-0.2, -0.15) is 0 Å². The normalized spacial score (nSPS) is 9.27. The van der Waals surface area contributed by atoms with E-state index in [9.17, 15) is 4.79 Å². The monoisotopic (exact) mass is 220 g/mol. The third-order valence-corrected chi connectivity index (χ3v) is 1.42. The number of carboxylic acids is 1. The van der Waals surface area contributed by atoms with Crippen LogP contribution in [0.2, 0.25) is 0 Å². The highest BCUT2D eigenvalue weighted by atomic mass is 16.4. The van der Waals surface area contributed by atoms with Gasteiger partial charge in [0.15, 0.2) is 0 Å². The molecule has 0 saturated carbocycles. The molecule has 0 aliphatic rings. The number of hydrogen-bond donors (Lipinski definition) is 5. The zero-order valence-corrected chi connectivity index (χ0v) is 9.46. The molecule has 0 aromatic heterocycles. The van der Waals surface area contributed by atoms with Gasteiger partial charge in [-0.25, -0.2) is 0 Å². The predicted octanol–water partition coefficient (Wildman–Crippen LogP) is -1.44. The van der Waals surface area contributed by atoms with E-state index < -0.39 is 5.97 Å². The van der Waals surface area contributed by atoms with Crippen molar-refractivity contribution in [3.63, 3.8) is 0 Å². The van der Waals surface area contributed by atoms with Crippen LogP contribution in [0.5, 0.6) is 0 Å². The van der Waals surface area contributed by atoms with Crippen molar-refractivity contribution in [3.05, 3.63) is 0 Å². The van der Waals surface area contributed by atoms with E-state index in [4.69, 9.17) is 16.6 Å². The van der Waals surface area contributed by atoms with Gasteiger partial charge in [0.05, 0.1) is 0 Å². The molecule has 0 bridgehead atoms. The van der Waals surface area contributed by atoms with Crippen LogP contribution in [0.3, 0.4) is 0 Å². The molecular formula is C9H24N4O2. The number of hydrogen-bond acceptors (Lipinski definition) is 5. The Morgan fingerprint density at radius 2 is 1.40 bits per heavy atom. The molecule has 0 atom stereocenters. The maximum absolute atomic E-state index is 9.37. The molecule has 0 aliphatic carbocycles. The molecule has 0 saturated heterocycles. The second-order valence-corrected chi connectivity index (χ2v) is 2.82. The maximum Gasteiger partial charge on any atom is 0.303 e. The van der Waals surface area contributed by atoms with Crippen LogP contribution in [-0.4, -0.2) is 50.3 Å². The standard InChI is InChI=1S/C6H18N4.C3H6O2/c7-1-3-9-5-6-10-4-2-8;1-2-3(4)5/h9-10H,1-8H2;2H2,1H3,(H,4,5). The van der Waals surface area contributed by atoms with Crippen molar-refractivity contribution in [2.75, 3.05) is 39.3 Å². The summed E-state index contributed by atoms with van der Waals surface area (Å²) >= 11 is 0. The second-order valence-electron chi connectivity index (χ2n) is 2.82. The first-order chi connectivity index (χ1) is 7.18. The van der Waals surface area contributed by atoms with Crippen molar-refractivity contribution >= 4 is 5.97 Å². The lowest BCUT2D eigenvalue weighted by molar-refractivity contribution is -0.136. The largest absolute Gasteiger partial charge is 0.481 e. The predicted molar refractivity (Wildman–Crippen MR) is 61.8 cm³/mol. The Labute approximate surface area is 91.4 Å². The number of rotatable bonds is 8. The van der Waals surface area contributed by atoms with Gasteiger partial charge in [-0.15, -0.1) is 0 Å². The Kier molecular flexibility index (Phi) is 17.6. The first-order valence-electron chi connectivity index (χ1n) is 5.22. The summed E-state index contributed by atoms with van der Waals surface area (Å²) in [5.41, 5.74) is 10.5. The molecule has 0 fully saturated rings. The first kappa shape index (κ1) is 16.7. The molecule has 0 aromatic rings. The fraction of sp³-hybridized carbons (Fsp3) is 0.889. The molecule has 0 aromatic carbocycles. The average Bonchev–Trinajstić information content (AvgIpc) is 2.24. The quantitative estimate of drug-likeness (QED) is 0.320. The van der Waals surface area contributed by atoms with E-state index in [2.05, 4.69) is 10.6 Å². The molecule has 0 aliphatic heterocycles. The molecule has 15 heavy (non-hydrogen) atoms. The molecule has 6 heteroatoms. The van der Waals surface area contributed by atoms with Crippen LogP contribution in [0.1, 0.15) is 13.3 Å². The maximum atomic E-state index is 9.37. The minimum Gasteiger partial charge on any atom is -0.481 e. The molecule has 0 rings (SSSR count). The van der Waals surface area contributed by atoms with Crippen molar-refractivity contribution in [3.8, 4) is 0 Å². The lowest BCUT2D eigenvalue weighted by atomic mass is 10.5. The molecule has 6 nitrogen and oxygen atoms in total. The van der Waals surface area contributed by atoms with E-state index in [0.717, 1.165) is 26.2 Å². The topological polar surface area (TPSA) is 113 Å². The first-order valence-corrected chi connectivity index (χ1v) is 5.22. The third kappa shape index (κ3) is 24.7. The van der Waals surface area contributed by atoms with Crippen molar-refractivity contribution in [2.24, 2.45) is 11.5 Å². The summed E-state index contributed by atoms with van der Waals surface area (Å²) in [6.07, 6.45) is 0.222. The third-order valence-electron chi connectivity index (χ3n) is 1.42. The van der Waals surface area contributed by atoms with Gasteiger partial charge in [-0.1, -0.05) is 6.92 Å². The lowest BCUT2D eigenvalue weighted by Gasteiger charge is -2.03. The number of aliphatic carboxylic acids is 1. The summed E-state index contributed by atoms with van der Waals surface area (Å²) in [6, 6.07) is 0. The van der Waals surface area contributed by atoms with Gasteiger partial charge >= 0.3 is 5.97 Å². The van der Waals surface area contributed by atoms with Gasteiger partial charge in [0.1, 0.15) is 0 Å². The van der Waals surface area contributed by atoms with Crippen molar-refractivity contribution in [2.45, 2.75) is 13.3 Å². The lowest BCUT2D eigenvalue weighted by Crippen LogP contribution is -2.32. The number of carboxylic acid groups (broad SMARTS) is 1. The number of carbonyl (C=O) groups is 1. The highest BCUT2D eigenvalue weighted by Crippen LogP contribution is 1.67. The second kappa shape index (κ2) is 15.8. The van der Waals surface area contributed by atoms with Crippen molar-refractivity contribution in [1.29, 1.82) is 0 Å². The van der Waals surface area contributed by atoms with Gasteiger partial charge in [0, 0.05) is 45.7 Å². The molecule has 92 valence electrons. The van der Waals surface area contributed by atoms with E-state index in [1.54, 1.807) is 6.92 Å². The van der Waals surface area contributed by atoms with Crippen LogP contribution >= 0.6 is 0 Å². The molecule has 0 heterocycles. The van der Waals surface area contributed by atoms with Gasteiger partial charge in [-0.05, 0) is 0 Å². The Balaban J connectivity index is 0. The summed E-state index contributed by atoms with van der Waals surface area (Å²) in [7, 11) is 0. The fourth-order valence-corrected chi connectivity index (χ4v) is 0.631. The van der Waals surface area contributed by atoms with E-state index in [1.165, 1.54) is 0 Å². The Morgan fingerprint density at radius 3 is 1.60 bits per heavy atom. The van der Waals surface area contributed by atoms with E-state index in [0.29, 0.717) is 13.1 Å². The van der Waals surface area contributed by atoms with Crippen LogP contribution in [-0.2, 0) is 4.79 Å². The number of nitrogens with one attached hydrogen (secondary N) is 2. The summed E-state index contributed by atoms with van der Waals surface area (Å²) < 4.78 is 0. The van der Waals surface area contributed by atoms with Crippen LogP contribution < -0.4 is 22.1 Å². The van der Waals surface area contributed by atoms with Crippen LogP contribution in [0, 0.1) is 0 Å². The minimum atomic E-state index is -0.745. The van der Waals surface area contributed by atoms with Crippen LogP contribution in [0.25, 0.3) is 0 Å². The van der Waals surface area contributed by atoms with Gasteiger partial charge in [0.25, 0.3) is 0 Å². The van der Waals surface area contributed by atoms with Gasteiger partial charge in [-0.3, -0.25) is 4.79 Å². The zero-order valence-electron chi connectivity index (χ0n) is 9.46. The van der Waals surface area contributed by atoms with Crippen molar-refractivity contribution < 1.29 is 9.90 Å². The summed E-state index contributed by atoms with van der Waals surface area (Å²) in [5, 5.41) is 14.1. The van der Waals surface area contributed by atoms with Crippen molar-refractivity contribution in [1.82, 2.24) is 10.6 Å². The highest BCUT2D eigenvalue weighted by Gasteiger charge is 1.83. The van der Waals surface area contributed by atoms with E-state index in [-0.39, 0.29) is 6.42 Å². The molecule has 0 unspecified atom stereocenters. The fourth-order valence-electron chi connectivity index (χ4n) is 0.631.